The fourth-order valence-corrected chi connectivity index (χ4v) is 2.82. The molecule has 0 unspecified atom stereocenters. The molecule has 0 radical (unpaired) electrons. The van der Waals surface area contributed by atoms with Crippen LogP contribution in [0.25, 0.3) is 0 Å². The smallest absolute Gasteiger partial charge is 0.350 e. The Hall–Kier alpha value is -1.23. The Morgan fingerprint density at radius 2 is 2.31 bits per heavy atom. The van der Waals surface area contributed by atoms with Crippen molar-refractivity contribution in [2.45, 2.75) is 25.7 Å². The van der Waals surface area contributed by atoms with E-state index >= 15 is 0 Å². The fourth-order valence-electron chi connectivity index (χ4n) is 1.77. The quantitative estimate of drug-likeness (QED) is 0.793. The number of esters is 1. The summed E-state index contributed by atoms with van der Waals surface area (Å²) < 4.78 is 4.99. The van der Waals surface area contributed by atoms with Gasteiger partial charge in [-0.15, -0.1) is 11.3 Å². The molecule has 0 amide bonds. The van der Waals surface area contributed by atoms with Crippen LogP contribution < -0.4 is 11.1 Å². The van der Waals surface area contributed by atoms with E-state index in [0.717, 1.165) is 23.4 Å². The SMILES string of the molecule is CCOC(=O)c1sc(NC)c(C2CC2)c1N. The van der Waals surface area contributed by atoms with E-state index < -0.39 is 0 Å². The minimum atomic E-state index is -0.312. The first-order valence-electron chi connectivity index (χ1n) is 5.46. The molecule has 1 heterocycles. The van der Waals surface area contributed by atoms with Gasteiger partial charge in [0.15, 0.2) is 0 Å². The number of rotatable bonds is 4. The highest BCUT2D eigenvalue weighted by atomic mass is 32.1. The number of carbonyl (C=O) groups excluding carboxylic acids is 1. The van der Waals surface area contributed by atoms with Crippen LogP contribution in [0, 0.1) is 0 Å². The first kappa shape index (κ1) is 11.3. The van der Waals surface area contributed by atoms with Gasteiger partial charge >= 0.3 is 5.97 Å². The normalized spacial score (nSPS) is 14.9. The summed E-state index contributed by atoms with van der Waals surface area (Å²) in [6, 6.07) is 0. The highest BCUT2D eigenvalue weighted by molar-refractivity contribution is 7.18. The summed E-state index contributed by atoms with van der Waals surface area (Å²) in [7, 11) is 1.85. The molecule has 1 aromatic rings. The molecule has 0 bridgehead atoms. The molecule has 1 aromatic heterocycles. The van der Waals surface area contributed by atoms with Gasteiger partial charge in [0.05, 0.1) is 17.3 Å². The first-order valence-corrected chi connectivity index (χ1v) is 6.27. The van der Waals surface area contributed by atoms with Crippen LogP contribution in [0.4, 0.5) is 10.7 Å². The molecule has 4 nitrogen and oxygen atoms in total. The number of hydrogen-bond donors (Lipinski definition) is 2. The van der Waals surface area contributed by atoms with Crippen molar-refractivity contribution in [1.29, 1.82) is 0 Å². The molecule has 2 rings (SSSR count). The number of thiophene rings is 1. The van der Waals surface area contributed by atoms with Crippen molar-refractivity contribution in [3.8, 4) is 0 Å². The van der Waals surface area contributed by atoms with Gasteiger partial charge in [-0.05, 0) is 25.7 Å². The zero-order valence-electron chi connectivity index (χ0n) is 9.50. The van der Waals surface area contributed by atoms with Crippen molar-refractivity contribution in [2.75, 3.05) is 24.7 Å². The van der Waals surface area contributed by atoms with E-state index in [2.05, 4.69) is 5.32 Å². The van der Waals surface area contributed by atoms with E-state index in [1.807, 2.05) is 7.05 Å². The molecule has 3 N–H and O–H groups in total. The standard InChI is InChI=1S/C11H16N2O2S/c1-3-15-11(14)9-8(12)7(6-4-5-6)10(13-2)16-9/h6,13H,3-5,12H2,1-2H3. The van der Waals surface area contributed by atoms with E-state index in [0.29, 0.717) is 23.1 Å². The lowest BCUT2D eigenvalue weighted by atomic mass is 10.1. The lowest BCUT2D eigenvalue weighted by Crippen LogP contribution is -2.05. The Balaban J connectivity index is 2.35. The van der Waals surface area contributed by atoms with E-state index in [1.54, 1.807) is 6.92 Å². The number of nitrogens with two attached hydrogens (primary N) is 1. The molecule has 16 heavy (non-hydrogen) atoms. The average molecular weight is 240 g/mol. The monoisotopic (exact) mass is 240 g/mol. The first-order chi connectivity index (χ1) is 7.69. The second kappa shape index (κ2) is 4.33. The van der Waals surface area contributed by atoms with Gasteiger partial charge in [0.25, 0.3) is 0 Å². The Kier molecular flexibility index (Phi) is 3.05. The van der Waals surface area contributed by atoms with E-state index in [1.165, 1.54) is 11.3 Å². The Labute approximate surface area is 98.8 Å². The maximum atomic E-state index is 11.7. The van der Waals surface area contributed by atoms with Crippen molar-refractivity contribution in [1.82, 2.24) is 0 Å². The molecular formula is C11H16N2O2S. The Bertz CT molecular complexity index is 410. The predicted octanol–water partition coefficient (Wildman–Crippen LogP) is 2.43. The largest absolute Gasteiger partial charge is 0.462 e. The summed E-state index contributed by atoms with van der Waals surface area (Å²) in [5, 5.41) is 4.11. The number of nitrogen functional groups attached to an aromatic ring is 1. The van der Waals surface area contributed by atoms with Crippen LogP contribution >= 0.6 is 11.3 Å². The van der Waals surface area contributed by atoms with Crippen LogP contribution in [0.5, 0.6) is 0 Å². The van der Waals surface area contributed by atoms with Crippen molar-refractivity contribution in [3.05, 3.63) is 10.4 Å². The van der Waals surface area contributed by atoms with Gasteiger partial charge in [-0.3, -0.25) is 0 Å². The maximum absolute atomic E-state index is 11.7. The summed E-state index contributed by atoms with van der Waals surface area (Å²) in [6.45, 7) is 2.17. The molecule has 5 heteroatoms. The second-order valence-corrected chi connectivity index (χ2v) is 4.85. The van der Waals surface area contributed by atoms with Gasteiger partial charge in [-0.2, -0.15) is 0 Å². The van der Waals surface area contributed by atoms with Crippen molar-refractivity contribution in [2.24, 2.45) is 0 Å². The van der Waals surface area contributed by atoms with Gasteiger partial charge in [0.1, 0.15) is 4.88 Å². The maximum Gasteiger partial charge on any atom is 0.350 e. The fraction of sp³-hybridized carbons (Fsp3) is 0.545. The molecule has 0 spiro atoms. The number of anilines is 2. The van der Waals surface area contributed by atoms with Crippen molar-refractivity contribution in [3.63, 3.8) is 0 Å². The van der Waals surface area contributed by atoms with Crippen LogP contribution in [-0.4, -0.2) is 19.6 Å². The summed E-state index contributed by atoms with van der Waals surface area (Å²) in [5.74, 6) is 0.218. The molecule has 88 valence electrons. The van der Waals surface area contributed by atoms with Gasteiger partial charge in [0, 0.05) is 12.6 Å². The van der Waals surface area contributed by atoms with Crippen LogP contribution in [-0.2, 0) is 4.74 Å². The van der Waals surface area contributed by atoms with Gasteiger partial charge in [-0.1, -0.05) is 0 Å². The van der Waals surface area contributed by atoms with Gasteiger partial charge < -0.3 is 15.8 Å². The average Bonchev–Trinajstić information content (AvgIpc) is 3.03. The lowest BCUT2D eigenvalue weighted by molar-refractivity contribution is 0.0533. The third-order valence-electron chi connectivity index (χ3n) is 2.66. The van der Waals surface area contributed by atoms with Crippen LogP contribution in [0.2, 0.25) is 0 Å². The number of hydrogen-bond acceptors (Lipinski definition) is 5. The topological polar surface area (TPSA) is 64.3 Å². The molecule has 1 fully saturated rings. The van der Waals surface area contributed by atoms with E-state index in [9.17, 15) is 4.79 Å². The van der Waals surface area contributed by atoms with E-state index in [-0.39, 0.29) is 5.97 Å². The molecule has 0 saturated heterocycles. The molecule has 0 aromatic carbocycles. The van der Waals surface area contributed by atoms with Crippen molar-refractivity contribution < 1.29 is 9.53 Å². The minimum absolute atomic E-state index is 0.312. The summed E-state index contributed by atoms with van der Waals surface area (Å²) in [5.41, 5.74) is 7.74. The summed E-state index contributed by atoms with van der Waals surface area (Å²) >= 11 is 1.39. The molecular weight excluding hydrogens is 224 g/mol. The summed E-state index contributed by atoms with van der Waals surface area (Å²) in [4.78, 5) is 12.2. The third kappa shape index (κ3) is 1.87. The molecule has 1 aliphatic carbocycles. The molecule has 0 atom stereocenters. The highest BCUT2D eigenvalue weighted by Gasteiger charge is 2.32. The molecule has 1 saturated carbocycles. The van der Waals surface area contributed by atoms with Crippen LogP contribution in [0.3, 0.4) is 0 Å². The molecule has 1 aliphatic rings. The second-order valence-electron chi connectivity index (χ2n) is 3.83. The summed E-state index contributed by atoms with van der Waals surface area (Å²) in [6.07, 6.45) is 2.33. The Morgan fingerprint density at radius 1 is 1.62 bits per heavy atom. The van der Waals surface area contributed by atoms with Crippen LogP contribution in [0.1, 0.15) is 40.9 Å². The third-order valence-corrected chi connectivity index (χ3v) is 3.88. The molecule has 0 aliphatic heterocycles. The number of nitrogens with one attached hydrogen (secondary N) is 1. The van der Waals surface area contributed by atoms with Crippen LogP contribution in [0.15, 0.2) is 0 Å². The highest BCUT2D eigenvalue weighted by Crippen LogP contribution is 2.50. The minimum Gasteiger partial charge on any atom is -0.462 e. The predicted molar refractivity (Wildman–Crippen MR) is 66.2 cm³/mol. The van der Waals surface area contributed by atoms with E-state index in [4.69, 9.17) is 10.5 Å². The number of ether oxygens (including phenoxy) is 1. The zero-order valence-corrected chi connectivity index (χ0v) is 10.3. The number of carbonyl (C=O) groups is 1. The van der Waals surface area contributed by atoms with Gasteiger partial charge in [-0.25, -0.2) is 4.79 Å². The zero-order chi connectivity index (χ0) is 11.7. The van der Waals surface area contributed by atoms with Crippen molar-refractivity contribution >= 4 is 28.0 Å². The van der Waals surface area contributed by atoms with Gasteiger partial charge in [0.2, 0.25) is 0 Å². The Morgan fingerprint density at radius 3 is 2.81 bits per heavy atom. The lowest BCUT2D eigenvalue weighted by Gasteiger charge is -2.02.